The Hall–Kier alpha value is -3.60. The van der Waals surface area contributed by atoms with Crippen LogP contribution in [0.5, 0.6) is 5.75 Å². The second-order valence-electron chi connectivity index (χ2n) is 7.70. The lowest BCUT2D eigenvalue weighted by Gasteiger charge is -2.29. The summed E-state index contributed by atoms with van der Waals surface area (Å²) in [6, 6.07) is 26.6. The summed E-state index contributed by atoms with van der Waals surface area (Å²) < 4.78 is 5.36. The second kappa shape index (κ2) is 11.7. The van der Waals surface area contributed by atoms with Gasteiger partial charge in [-0.3, -0.25) is 9.59 Å². The normalized spacial score (nSPS) is 11.4. The number of carbonyl (C=O) groups is 2. The van der Waals surface area contributed by atoms with Crippen LogP contribution in [0.3, 0.4) is 0 Å². The van der Waals surface area contributed by atoms with Crippen molar-refractivity contribution in [3.63, 3.8) is 0 Å². The molecule has 1 atom stereocenters. The van der Waals surface area contributed by atoms with E-state index >= 15 is 0 Å². The molecule has 166 valence electrons. The molecule has 0 bridgehead atoms. The predicted molar refractivity (Wildman–Crippen MR) is 126 cm³/mol. The lowest BCUT2D eigenvalue weighted by molar-refractivity contribution is -0.140. The smallest absolute Gasteiger partial charge is 0.242 e. The molecule has 1 N–H and O–H groups in total. The Morgan fingerprint density at radius 1 is 0.875 bits per heavy atom. The van der Waals surface area contributed by atoms with E-state index in [0.29, 0.717) is 25.9 Å². The number of hydrogen-bond donors (Lipinski definition) is 1. The molecule has 32 heavy (non-hydrogen) atoms. The van der Waals surface area contributed by atoms with Gasteiger partial charge in [0.05, 0.1) is 7.11 Å². The first-order chi connectivity index (χ1) is 15.6. The van der Waals surface area contributed by atoms with Gasteiger partial charge in [0, 0.05) is 25.1 Å². The highest BCUT2D eigenvalue weighted by Gasteiger charge is 2.26. The van der Waals surface area contributed by atoms with Crippen molar-refractivity contribution in [2.75, 3.05) is 7.11 Å². The minimum Gasteiger partial charge on any atom is -0.496 e. The van der Waals surface area contributed by atoms with Crippen LogP contribution in [0.4, 0.5) is 0 Å². The van der Waals surface area contributed by atoms with Crippen LogP contribution >= 0.6 is 0 Å². The Kier molecular flexibility index (Phi) is 8.44. The van der Waals surface area contributed by atoms with Crippen LogP contribution in [0.15, 0.2) is 84.9 Å². The number of methoxy groups -OCH3 is 1. The molecule has 0 aliphatic heterocycles. The average Bonchev–Trinajstić information content (AvgIpc) is 2.85. The lowest BCUT2D eigenvalue weighted by atomic mass is 10.1. The van der Waals surface area contributed by atoms with E-state index in [4.69, 9.17) is 4.74 Å². The van der Waals surface area contributed by atoms with Gasteiger partial charge in [-0.1, -0.05) is 78.9 Å². The summed E-state index contributed by atoms with van der Waals surface area (Å²) in [6.45, 7) is 2.50. The second-order valence-corrected chi connectivity index (χ2v) is 7.70. The van der Waals surface area contributed by atoms with E-state index in [-0.39, 0.29) is 11.8 Å². The van der Waals surface area contributed by atoms with E-state index in [1.165, 1.54) is 0 Å². The third kappa shape index (κ3) is 6.45. The van der Waals surface area contributed by atoms with Crippen LogP contribution in [-0.4, -0.2) is 29.9 Å². The Morgan fingerprint density at radius 2 is 1.47 bits per heavy atom. The molecule has 0 aromatic heterocycles. The van der Waals surface area contributed by atoms with Crippen LogP contribution in [0, 0.1) is 0 Å². The number of rotatable bonds is 10. The van der Waals surface area contributed by atoms with Crippen LogP contribution in [0.1, 0.15) is 30.0 Å². The van der Waals surface area contributed by atoms with Gasteiger partial charge in [-0.15, -0.1) is 0 Å². The number of nitrogens with zero attached hydrogens (tertiary/aromatic N) is 1. The summed E-state index contributed by atoms with van der Waals surface area (Å²) in [5, 5.41) is 2.96. The molecule has 0 aliphatic rings. The van der Waals surface area contributed by atoms with Crippen LogP contribution in [0.2, 0.25) is 0 Å². The first-order valence-electron chi connectivity index (χ1n) is 10.9. The maximum Gasteiger partial charge on any atom is 0.242 e. The number of nitrogens with one attached hydrogen (secondary N) is 1. The molecule has 5 heteroatoms. The first kappa shape index (κ1) is 23.1. The maximum atomic E-state index is 13.2. The number of benzene rings is 3. The van der Waals surface area contributed by atoms with Gasteiger partial charge in [-0.2, -0.15) is 0 Å². The van der Waals surface area contributed by atoms with Gasteiger partial charge in [-0.25, -0.2) is 0 Å². The van der Waals surface area contributed by atoms with E-state index in [1.807, 2.05) is 84.9 Å². The number of amides is 2. The lowest BCUT2D eigenvalue weighted by Crippen LogP contribution is -2.47. The molecule has 0 saturated carbocycles. The molecule has 2 amide bonds. The molecule has 3 rings (SSSR count). The molecule has 0 spiro atoms. The molecule has 0 fully saturated rings. The van der Waals surface area contributed by atoms with E-state index < -0.39 is 6.04 Å². The number of hydrogen-bond acceptors (Lipinski definition) is 3. The molecule has 0 aliphatic carbocycles. The Balaban J connectivity index is 1.69. The topological polar surface area (TPSA) is 58.6 Å². The fraction of sp³-hybridized carbons (Fsp3) is 0.259. The van der Waals surface area contributed by atoms with Crippen molar-refractivity contribution in [1.82, 2.24) is 10.2 Å². The molecule has 0 radical (unpaired) electrons. The Labute approximate surface area is 190 Å². The van der Waals surface area contributed by atoms with E-state index in [2.05, 4.69) is 5.32 Å². The standard InChI is InChI=1S/C27H30N2O3/c1-21(27(31)28-19-24-15-9-10-16-25(24)32-2)29(20-23-13-7-4-8-14-23)26(30)18-17-22-11-5-3-6-12-22/h3-16,21H,17-20H2,1-2H3,(H,28,31). The van der Waals surface area contributed by atoms with Crippen molar-refractivity contribution >= 4 is 11.8 Å². The fourth-order valence-corrected chi connectivity index (χ4v) is 3.58. The monoisotopic (exact) mass is 430 g/mol. The summed E-state index contributed by atoms with van der Waals surface area (Å²) in [5.74, 6) is 0.484. The molecule has 0 heterocycles. The minimum atomic E-state index is -0.604. The first-order valence-corrected chi connectivity index (χ1v) is 10.9. The van der Waals surface area contributed by atoms with E-state index in [9.17, 15) is 9.59 Å². The Morgan fingerprint density at radius 3 is 2.12 bits per heavy atom. The van der Waals surface area contributed by atoms with Gasteiger partial charge in [0.15, 0.2) is 0 Å². The van der Waals surface area contributed by atoms with Gasteiger partial charge in [0.2, 0.25) is 11.8 Å². The fourth-order valence-electron chi connectivity index (χ4n) is 3.58. The van der Waals surface area contributed by atoms with Crippen molar-refractivity contribution in [2.24, 2.45) is 0 Å². The SMILES string of the molecule is COc1ccccc1CNC(=O)C(C)N(Cc1ccccc1)C(=O)CCc1ccccc1. The van der Waals surface area contributed by atoms with E-state index in [1.54, 1.807) is 18.9 Å². The molecule has 1 unspecified atom stereocenters. The largest absolute Gasteiger partial charge is 0.496 e. The van der Waals surface area contributed by atoms with Crippen LogP contribution in [-0.2, 0) is 29.1 Å². The number of ether oxygens (including phenoxy) is 1. The molecular weight excluding hydrogens is 400 g/mol. The van der Waals surface area contributed by atoms with Gasteiger partial charge in [0.1, 0.15) is 11.8 Å². The molecule has 5 nitrogen and oxygen atoms in total. The van der Waals surface area contributed by atoms with Crippen molar-refractivity contribution in [3.8, 4) is 5.75 Å². The zero-order valence-electron chi connectivity index (χ0n) is 18.7. The third-order valence-electron chi connectivity index (χ3n) is 5.48. The summed E-state index contributed by atoms with van der Waals surface area (Å²) in [6.07, 6.45) is 0.988. The summed E-state index contributed by atoms with van der Waals surface area (Å²) >= 11 is 0. The van der Waals surface area contributed by atoms with Gasteiger partial charge in [-0.05, 0) is 30.5 Å². The summed E-state index contributed by atoms with van der Waals surface area (Å²) in [5.41, 5.74) is 2.99. The van der Waals surface area contributed by atoms with Crippen molar-refractivity contribution in [1.29, 1.82) is 0 Å². The zero-order chi connectivity index (χ0) is 22.8. The highest BCUT2D eigenvalue weighted by atomic mass is 16.5. The molecule has 3 aromatic rings. The van der Waals surface area contributed by atoms with Gasteiger partial charge < -0.3 is 15.0 Å². The molecule has 0 saturated heterocycles. The number of carbonyl (C=O) groups excluding carboxylic acids is 2. The van der Waals surface area contributed by atoms with Crippen molar-refractivity contribution < 1.29 is 14.3 Å². The molecule has 3 aromatic carbocycles. The van der Waals surface area contributed by atoms with Gasteiger partial charge in [0.25, 0.3) is 0 Å². The van der Waals surface area contributed by atoms with Crippen LogP contribution < -0.4 is 10.1 Å². The van der Waals surface area contributed by atoms with Crippen molar-refractivity contribution in [2.45, 2.75) is 38.9 Å². The number of para-hydroxylation sites is 1. The quantitative estimate of drug-likeness (QED) is 0.520. The highest BCUT2D eigenvalue weighted by Crippen LogP contribution is 2.17. The summed E-state index contributed by atoms with van der Waals surface area (Å²) in [4.78, 5) is 27.8. The maximum absolute atomic E-state index is 13.2. The average molecular weight is 431 g/mol. The molecular formula is C27H30N2O3. The van der Waals surface area contributed by atoms with Gasteiger partial charge >= 0.3 is 0 Å². The Bertz CT molecular complexity index is 1010. The predicted octanol–water partition coefficient (Wildman–Crippen LogP) is 4.36. The van der Waals surface area contributed by atoms with E-state index in [0.717, 1.165) is 22.4 Å². The van der Waals surface area contributed by atoms with Crippen molar-refractivity contribution in [3.05, 3.63) is 102 Å². The van der Waals surface area contributed by atoms with Crippen LogP contribution in [0.25, 0.3) is 0 Å². The zero-order valence-corrected chi connectivity index (χ0v) is 18.7. The summed E-state index contributed by atoms with van der Waals surface area (Å²) in [7, 11) is 1.61. The third-order valence-corrected chi connectivity index (χ3v) is 5.48. The highest BCUT2D eigenvalue weighted by molar-refractivity contribution is 5.87. The number of aryl methyl sites for hydroxylation is 1. The minimum absolute atomic E-state index is 0.0438.